The van der Waals surface area contributed by atoms with Crippen LogP contribution in [-0.2, 0) is 11.2 Å². The molecule has 0 bridgehead atoms. The van der Waals surface area contributed by atoms with Gasteiger partial charge in [0.05, 0.1) is 6.54 Å². The number of carbonyl (C=O) groups excluding carboxylic acids is 1. The summed E-state index contributed by atoms with van der Waals surface area (Å²) in [4.78, 5) is 12.3. The van der Waals surface area contributed by atoms with Gasteiger partial charge in [-0.3, -0.25) is 4.79 Å². The Morgan fingerprint density at radius 2 is 2.14 bits per heavy atom. The zero-order valence-corrected chi connectivity index (χ0v) is 12.2. The van der Waals surface area contributed by atoms with Crippen LogP contribution >= 0.6 is 0 Å². The molecule has 0 aromatic heterocycles. The van der Waals surface area contributed by atoms with Gasteiger partial charge in [-0.2, -0.15) is 0 Å². The van der Waals surface area contributed by atoms with Gasteiger partial charge in [-0.1, -0.05) is 18.2 Å². The van der Waals surface area contributed by atoms with Crippen molar-refractivity contribution in [2.45, 2.75) is 31.8 Å². The molecule has 1 aliphatic carbocycles. The van der Waals surface area contributed by atoms with Gasteiger partial charge in [-0.15, -0.1) is 0 Å². The molecular formula is C17H22N2O2. The van der Waals surface area contributed by atoms with Crippen molar-refractivity contribution in [2.75, 3.05) is 19.6 Å². The molecule has 2 heterocycles. The van der Waals surface area contributed by atoms with Crippen molar-refractivity contribution in [3.8, 4) is 5.75 Å². The summed E-state index contributed by atoms with van der Waals surface area (Å²) >= 11 is 0. The van der Waals surface area contributed by atoms with Crippen LogP contribution in [0.4, 0.5) is 0 Å². The van der Waals surface area contributed by atoms with Crippen molar-refractivity contribution in [2.24, 2.45) is 11.3 Å². The van der Waals surface area contributed by atoms with Crippen LogP contribution in [0.2, 0.25) is 0 Å². The highest BCUT2D eigenvalue weighted by Crippen LogP contribution is 2.58. The van der Waals surface area contributed by atoms with E-state index < -0.39 is 0 Å². The van der Waals surface area contributed by atoms with Gasteiger partial charge >= 0.3 is 0 Å². The zero-order chi connectivity index (χ0) is 14.3. The molecule has 2 fully saturated rings. The molecular weight excluding hydrogens is 264 g/mol. The molecule has 3 aliphatic rings. The average Bonchev–Trinajstić information content (AvgIpc) is 3.04. The number of nitrogens with one attached hydrogen (secondary N) is 2. The SMILES string of the molecule is O=C(NCC1Cc2ccccc2O1)C1CC12CCNCC2. The number of amides is 1. The van der Waals surface area contributed by atoms with Crippen LogP contribution in [0, 0.1) is 11.3 Å². The Bertz CT molecular complexity index is 526. The molecule has 0 radical (unpaired) electrons. The predicted molar refractivity (Wildman–Crippen MR) is 80.2 cm³/mol. The molecule has 4 nitrogen and oxygen atoms in total. The molecule has 1 spiro atoms. The number of para-hydroxylation sites is 1. The maximum Gasteiger partial charge on any atom is 0.223 e. The van der Waals surface area contributed by atoms with Gasteiger partial charge in [-0.05, 0) is 49.4 Å². The van der Waals surface area contributed by atoms with Crippen molar-refractivity contribution in [3.05, 3.63) is 29.8 Å². The summed E-state index contributed by atoms with van der Waals surface area (Å²) < 4.78 is 5.87. The van der Waals surface area contributed by atoms with E-state index in [-0.39, 0.29) is 17.9 Å². The lowest BCUT2D eigenvalue weighted by Gasteiger charge is -2.23. The molecule has 1 amide bonds. The highest BCUT2D eigenvalue weighted by atomic mass is 16.5. The number of hydrogen-bond donors (Lipinski definition) is 2. The van der Waals surface area contributed by atoms with Crippen LogP contribution < -0.4 is 15.4 Å². The van der Waals surface area contributed by atoms with Gasteiger partial charge in [-0.25, -0.2) is 0 Å². The third-order valence-electron chi connectivity index (χ3n) is 5.32. The number of rotatable bonds is 3. The zero-order valence-electron chi connectivity index (χ0n) is 12.2. The summed E-state index contributed by atoms with van der Waals surface area (Å²) in [5.74, 6) is 1.44. The van der Waals surface area contributed by atoms with E-state index in [1.807, 2.05) is 18.2 Å². The van der Waals surface area contributed by atoms with Crippen LogP contribution in [-0.4, -0.2) is 31.6 Å². The van der Waals surface area contributed by atoms with E-state index in [4.69, 9.17) is 4.74 Å². The summed E-state index contributed by atoms with van der Waals surface area (Å²) in [5, 5.41) is 6.48. The average molecular weight is 286 g/mol. The third-order valence-corrected chi connectivity index (χ3v) is 5.32. The first-order valence-electron chi connectivity index (χ1n) is 8.00. The maximum atomic E-state index is 12.3. The largest absolute Gasteiger partial charge is 0.488 e. The highest BCUT2D eigenvalue weighted by Gasteiger charge is 2.57. The Kier molecular flexibility index (Phi) is 3.14. The first-order valence-corrected chi connectivity index (χ1v) is 8.00. The van der Waals surface area contributed by atoms with E-state index in [1.165, 1.54) is 5.56 Å². The molecule has 4 heteroatoms. The molecule has 1 aromatic carbocycles. The van der Waals surface area contributed by atoms with Gasteiger partial charge in [0.1, 0.15) is 11.9 Å². The fourth-order valence-corrected chi connectivity index (χ4v) is 3.90. The van der Waals surface area contributed by atoms with Crippen LogP contribution in [0.15, 0.2) is 24.3 Å². The number of carbonyl (C=O) groups is 1. The summed E-state index contributed by atoms with van der Waals surface area (Å²) in [7, 11) is 0. The minimum Gasteiger partial charge on any atom is -0.488 e. The number of benzene rings is 1. The van der Waals surface area contributed by atoms with Crippen LogP contribution in [0.25, 0.3) is 0 Å². The Labute approximate surface area is 125 Å². The number of fused-ring (bicyclic) bond motifs is 1. The fourth-order valence-electron chi connectivity index (χ4n) is 3.90. The lowest BCUT2D eigenvalue weighted by Crippen LogP contribution is -2.38. The van der Waals surface area contributed by atoms with Crippen molar-refractivity contribution in [1.82, 2.24) is 10.6 Å². The van der Waals surface area contributed by atoms with E-state index in [2.05, 4.69) is 16.7 Å². The number of piperidine rings is 1. The van der Waals surface area contributed by atoms with E-state index in [1.54, 1.807) is 0 Å². The topological polar surface area (TPSA) is 50.4 Å². The van der Waals surface area contributed by atoms with E-state index in [0.717, 1.165) is 44.5 Å². The molecule has 1 aromatic rings. The van der Waals surface area contributed by atoms with E-state index in [9.17, 15) is 4.79 Å². The molecule has 1 saturated carbocycles. The fraction of sp³-hybridized carbons (Fsp3) is 0.588. The molecule has 2 N–H and O–H groups in total. The molecule has 1 saturated heterocycles. The van der Waals surface area contributed by atoms with E-state index in [0.29, 0.717) is 12.0 Å². The minimum atomic E-state index is 0.0917. The van der Waals surface area contributed by atoms with Crippen molar-refractivity contribution in [1.29, 1.82) is 0 Å². The predicted octanol–water partition coefficient (Wildman–Crippen LogP) is 1.50. The van der Waals surface area contributed by atoms with Gasteiger partial charge < -0.3 is 15.4 Å². The maximum absolute atomic E-state index is 12.3. The molecule has 112 valence electrons. The summed E-state index contributed by atoms with van der Waals surface area (Å²) in [6.45, 7) is 2.74. The first kappa shape index (κ1) is 13.1. The van der Waals surface area contributed by atoms with Gasteiger partial charge in [0.25, 0.3) is 0 Å². The van der Waals surface area contributed by atoms with Gasteiger partial charge in [0, 0.05) is 12.3 Å². The lowest BCUT2D eigenvalue weighted by atomic mass is 9.92. The molecule has 4 rings (SSSR count). The lowest BCUT2D eigenvalue weighted by molar-refractivity contribution is -0.123. The minimum absolute atomic E-state index is 0.0917. The first-order chi connectivity index (χ1) is 10.3. The summed E-state index contributed by atoms with van der Waals surface area (Å²) in [5.41, 5.74) is 1.56. The van der Waals surface area contributed by atoms with Crippen molar-refractivity contribution < 1.29 is 9.53 Å². The molecule has 2 atom stereocenters. The van der Waals surface area contributed by atoms with Crippen LogP contribution in [0.1, 0.15) is 24.8 Å². The normalized spacial score (nSPS) is 28.8. The van der Waals surface area contributed by atoms with Gasteiger partial charge in [0.2, 0.25) is 5.91 Å². The van der Waals surface area contributed by atoms with Gasteiger partial charge in [0.15, 0.2) is 0 Å². The molecule has 2 aliphatic heterocycles. The Hall–Kier alpha value is -1.55. The quantitative estimate of drug-likeness (QED) is 0.885. The Morgan fingerprint density at radius 3 is 2.95 bits per heavy atom. The summed E-state index contributed by atoms with van der Waals surface area (Å²) in [6.07, 6.45) is 4.36. The molecule has 2 unspecified atom stereocenters. The van der Waals surface area contributed by atoms with Crippen molar-refractivity contribution in [3.63, 3.8) is 0 Å². The Morgan fingerprint density at radius 1 is 1.33 bits per heavy atom. The standard InChI is InChI=1S/C17H22N2O2/c20-16(14-10-17(14)5-7-18-8-6-17)19-11-13-9-12-3-1-2-4-15(12)21-13/h1-4,13-14,18H,5-11H2,(H,19,20). The molecule has 21 heavy (non-hydrogen) atoms. The smallest absolute Gasteiger partial charge is 0.223 e. The van der Waals surface area contributed by atoms with Crippen molar-refractivity contribution >= 4 is 5.91 Å². The second-order valence-corrected chi connectivity index (χ2v) is 6.67. The Balaban J connectivity index is 1.28. The third kappa shape index (κ3) is 2.42. The second kappa shape index (κ2) is 5.02. The number of hydrogen-bond acceptors (Lipinski definition) is 3. The second-order valence-electron chi connectivity index (χ2n) is 6.67. The van der Waals surface area contributed by atoms with Crippen LogP contribution in [0.5, 0.6) is 5.75 Å². The summed E-state index contributed by atoms with van der Waals surface area (Å²) in [6, 6.07) is 8.13. The van der Waals surface area contributed by atoms with Crippen LogP contribution in [0.3, 0.4) is 0 Å². The highest BCUT2D eigenvalue weighted by molar-refractivity contribution is 5.82. The monoisotopic (exact) mass is 286 g/mol. The van der Waals surface area contributed by atoms with E-state index >= 15 is 0 Å². The number of ether oxygens (including phenoxy) is 1.